The fourth-order valence-corrected chi connectivity index (χ4v) is 3.33. The Bertz CT molecular complexity index is 661. The first-order valence-corrected chi connectivity index (χ1v) is 8.97. The van der Waals surface area contributed by atoms with Crippen LogP contribution in [0.2, 0.25) is 0 Å². The van der Waals surface area contributed by atoms with E-state index in [0.29, 0.717) is 16.9 Å². The predicted octanol–water partition coefficient (Wildman–Crippen LogP) is 2.97. The lowest BCUT2D eigenvalue weighted by molar-refractivity contribution is -0.143. The van der Waals surface area contributed by atoms with Crippen molar-refractivity contribution in [3.63, 3.8) is 0 Å². The lowest BCUT2D eigenvalue weighted by atomic mass is 9.93. The van der Waals surface area contributed by atoms with Gasteiger partial charge in [-0.3, -0.25) is 4.79 Å². The minimum atomic E-state index is -3.21. The van der Waals surface area contributed by atoms with Gasteiger partial charge in [-0.25, -0.2) is 8.42 Å². The minimum absolute atomic E-state index is 0.0216. The lowest BCUT2D eigenvalue weighted by Crippen LogP contribution is -2.18. The quantitative estimate of drug-likeness (QED) is 0.817. The number of carboxylic acids is 1. The maximum absolute atomic E-state index is 11.9. The Morgan fingerprint density at radius 2 is 1.82 bits per heavy atom. The van der Waals surface area contributed by atoms with Crippen molar-refractivity contribution in [2.45, 2.75) is 38.5 Å². The number of aliphatic carboxylic acids is 1. The molecule has 0 radical (unpaired) electrons. The molecule has 0 aliphatic rings. The van der Waals surface area contributed by atoms with Gasteiger partial charge in [-0.1, -0.05) is 32.6 Å². The first-order chi connectivity index (χ1) is 10.3. The van der Waals surface area contributed by atoms with E-state index < -0.39 is 21.7 Å². The number of hydrogen-bond donors (Lipinski definition) is 1. The van der Waals surface area contributed by atoms with Gasteiger partial charge in [0.25, 0.3) is 0 Å². The molecule has 1 rings (SSSR count). The van der Waals surface area contributed by atoms with Crippen LogP contribution in [0.25, 0.3) is 0 Å². The number of carbonyl (C=O) groups is 1. The number of carboxylic acid groups (broad SMARTS) is 1. The van der Waals surface area contributed by atoms with E-state index in [1.165, 1.54) is 0 Å². The standard InChI is InChI=1S/C17H22O4S/c1-4-12-22(20,21)15-10-8-14(9-11-15)6-5-7-16(13(2)3)17(18)19/h8-11,13,16H,4,7,12H2,1-3H3,(H,18,19). The average molecular weight is 322 g/mol. The molecule has 0 heterocycles. The van der Waals surface area contributed by atoms with Gasteiger partial charge in [0.1, 0.15) is 0 Å². The van der Waals surface area contributed by atoms with Crippen LogP contribution in [0.1, 0.15) is 39.2 Å². The first-order valence-electron chi connectivity index (χ1n) is 7.32. The van der Waals surface area contributed by atoms with Crippen molar-refractivity contribution in [2.75, 3.05) is 5.75 Å². The van der Waals surface area contributed by atoms with Crippen LogP contribution in [-0.4, -0.2) is 25.2 Å². The van der Waals surface area contributed by atoms with E-state index >= 15 is 0 Å². The maximum Gasteiger partial charge on any atom is 0.307 e. The molecule has 0 saturated heterocycles. The Morgan fingerprint density at radius 1 is 1.23 bits per heavy atom. The molecule has 0 saturated carbocycles. The van der Waals surface area contributed by atoms with E-state index in [2.05, 4.69) is 11.8 Å². The summed E-state index contributed by atoms with van der Waals surface area (Å²) < 4.78 is 23.8. The molecule has 120 valence electrons. The van der Waals surface area contributed by atoms with Crippen LogP contribution >= 0.6 is 0 Å². The Balaban J connectivity index is 2.82. The summed E-state index contributed by atoms with van der Waals surface area (Å²) in [7, 11) is -3.21. The second kappa shape index (κ2) is 8.00. The maximum atomic E-state index is 11.9. The molecule has 0 aliphatic heterocycles. The van der Waals surface area contributed by atoms with Crippen molar-refractivity contribution >= 4 is 15.8 Å². The third-order valence-electron chi connectivity index (χ3n) is 3.36. The molecule has 22 heavy (non-hydrogen) atoms. The summed E-state index contributed by atoms with van der Waals surface area (Å²) in [6, 6.07) is 6.40. The summed E-state index contributed by atoms with van der Waals surface area (Å²) in [6.45, 7) is 5.53. The van der Waals surface area contributed by atoms with E-state index in [1.54, 1.807) is 24.3 Å². The zero-order chi connectivity index (χ0) is 16.8. The summed E-state index contributed by atoms with van der Waals surface area (Å²) in [5, 5.41) is 9.08. The monoisotopic (exact) mass is 322 g/mol. The molecule has 0 fully saturated rings. The zero-order valence-electron chi connectivity index (χ0n) is 13.2. The number of hydrogen-bond acceptors (Lipinski definition) is 3. The van der Waals surface area contributed by atoms with Crippen LogP contribution in [0.5, 0.6) is 0 Å². The number of sulfone groups is 1. The molecule has 1 unspecified atom stereocenters. The highest BCUT2D eigenvalue weighted by Crippen LogP contribution is 2.15. The highest BCUT2D eigenvalue weighted by atomic mass is 32.2. The van der Waals surface area contributed by atoms with E-state index in [-0.39, 0.29) is 18.1 Å². The van der Waals surface area contributed by atoms with Crippen LogP contribution < -0.4 is 0 Å². The number of benzene rings is 1. The molecule has 0 aromatic heterocycles. The highest BCUT2D eigenvalue weighted by Gasteiger charge is 2.19. The molecular weight excluding hydrogens is 300 g/mol. The molecule has 0 aliphatic carbocycles. The molecule has 4 nitrogen and oxygen atoms in total. The second-order valence-corrected chi connectivity index (χ2v) is 7.65. The molecule has 0 amide bonds. The van der Waals surface area contributed by atoms with Gasteiger partial charge in [0.15, 0.2) is 9.84 Å². The largest absolute Gasteiger partial charge is 0.481 e. The Hall–Kier alpha value is -1.80. The third kappa shape index (κ3) is 5.19. The van der Waals surface area contributed by atoms with Crippen molar-refractivity contribution < 1.29 is 18.3 Å². The first kappa shape index (κ1) is 18.2. The molecule has 1 atom stereocenters. The van der Waals surface area contributed by atoms with Crippen LogP contribution in [0, 0.1) is 23.7 Å². The Kier molecular flexibility index (Phi) is 6.63. The van der Waals surface area contributed by atoms with Gasteiger partial charge in [-0.15, -0.1) is 0 Å². The van der Waals surface area contributed by atoms with Gasteiger partial charge in [-0.2, -0.15) is 0 Å². The van der Waals surface area contributed by atoms with E-state index in [1.807, 2.05) is 20.8 Å². The fourth-order valence-electron chi connectivity index (χ4n) is 2.00. The van der Waals surface area contributed by atoms with Gasteiger partial charge in [0.2, 0.25) is 0 Å². The smallest absolute Gasteiger partial charge is 0.307 e. The van der Waals surface area contributed by atoms with E-state index in [0.717, 1.165) is 0 Å². The van der Waals surface area contributed by atoms with Gasteiger partial charge in [-0.05, 0) is 36.6 Å². The average Bonchev–Trinajstić information content (AvgIpc) is 2.43. The van der Waals surface area contributed by atoms with Crippen LogP contribution in [0.15, 0.2) is 29.2 Å². The second-order valence-electron chi connectivity index (χ2n) is 5.54. The van der Waals surface area contributed by atoms with Gasteiger partial charge < -0.3 is 5.11 Å². The van der Waals surface area contributed by atoms with E-state index in [4.69, 9.17) is 5.11 Å². The summed E-state index contributed by atoms with van der Waals surface area (Å²) in [5.41, 5.74) is 0.684. The summed E-state index contributed by atoms with van der Waals surface area (Å²) in [5.74, 6) is 4.58. The summed E-state index contributed by atoms with van der Waals surface area (Å²) >= 11 is 0. The van der Waals surface area contributed by atoms with Crippen molar-refractivity contribution in [3.05, 3.63) is 29.8 Å². The molecule has 1 aromatic carbocycles. The molecule has 0 bridgehead atoms. The molecular formula is C17H22O4S. The van der Waals surface area contributed by atoms with Crippen molar-refractivity contribution in [2.24, 2.45) is 11.8 Å². The van der Waals surface area contributed by atoms with Crippen LogP contribution in [0.3, 0.4) is 0 Å². The topological polar surface area (TPSA) is 71.4 Å². The Morgan fingerprint density at radius 3 is 2.27 bits per heavy atom. The lowest BCUT2D eigenvalue weighted by Gasteiger charge is -2.12. The zero-order valence-corrected chi connectivity index (χ0v) is 14.0. The van der Waals surface area contributed by atoms with Crippen molar-refractivity contribution in [3.8, 4) is 11.8 Å². The summed E-state index contributed by atoms with van der Waals surface area (Å²) in [6.07, 6.45) is 0.860. The fraction of sp³-hybridized carbons (Fsp3) is 0.471. The molecule has 0 spiro atoms. The van der Waals surface area contributed by atoms with Crippen molar-refractivity contribution in [1.29, 1.82) is 0 Å². The van der Waals surface area contributed by atoms with Crippen molar-refractivity contribution in [1.82, 2.24) is 0 Å². The predicted molar refractivity (Wildman–Crippen MR) is 86.2 cm³/mol. The van der Waals surface area contributed by atoms with Crippen LogP contribution in [0.4, 0.5) is 0 Å². The molecule has 1 N–H and O–H groups in total. The normalized spacial score (nSPS) is 12.5. The third-order valence-corrected chi connectivity index (χ3v) is 5.30. The molecule has 5 heteroatoms. The highest BCUT2D eigenvalue weighted by molar-refractivity contribution is 7.91. The van der Waals surface area contributed by atoms with Gasteiger partial charge in [0, 0.05) is 12.0 Å². The van der Waals surface area contributed by atoms with Gasteiger partial charge in [0.05, 0.1) is 16.6 Å². The minimum Gasteiger partial charge on any atom is -0.481 e. The van der Waals surface area contributed by atoms with Crippen LogP contribution in [-0.2, 0) is 14.6 Å². The SMILES string of the molecule is CCCS(=O)(=O)c1ccc(C#CCC(C(=O)O)C(C)C)cc1. The van der Waals surface area contributed by atoms with E-state index in [9.17, 15) is 13.2 Å². The summed E-state index contributed by atoms with van der Waals surface area (Å²) in [4.78, 5) is 11.4. The molecule has 1 aromatic rings. The van der Waals surface area contributed by atoms with Gasteiger partial charge >= 0.3 is 5.97 Å². The Labute approximate surface area is 132 Å². The number of rotatable bonds is 6.